The zero-order valence-electron chi connectivity index (χ0n) is 11.1. The van der Waals surface area contributed by atoms with Gasteiger partial charge >= 0.3 is 0 Å². The maximum absolute atomic E-state index is 12.1. The van der Waals surface area contributed by atoms with Crippen molar-refractivity contribution >= 4 is 5.91 Å². The first-order valence-corrected chi connectivity index (χ1v) is 6.52. The van der Waals surface area contributed by atoms with E-state index in [9.17, 15) is 4.79 Å². The van der Waals surface area contributed by atoms with Gasteiger partial charge in [-0.3, -0.25) is 14.8 Å². The van der Waals surface area contributed by atoms with Crippen LogP contribution in [-0.2, 0) is 11.3 Å². The number of likely N-dealkylation sites (tertiary alicyclic amines) is 1. The molecule has 100 valence electrons. The number of nitrogens with zero attached hydrogens (tertiary/aromatic N) is 3. The second-order valence-electron chi connectivity index (χ2n) is 4.90. The molecule has 1 aromatic heterocycles. The average molecular weight is 251 g/mol. The summed E-state index contributed by atoms with van der Waals surface area (Å²) in [5, 5.41) is 9.69. The molecule has 0 saturated carbocycles. The predicted octanol–water partition coefficient (Wildman–Crippen LogP) is 0.604. The fourth-order valence-corrected chi connectivity index (χ4v) is 2.34. The Labute approximate surface area is 107 Å². The summed E-state index contributed by atoms with van der Waals surface area (Å²) in [5.74, 6) is 1.49. The minimum Gasteiger partial charge on any atom is -0.347 e. The zero-order chi connectivity index (χ0) is 13.0. The molecule has 1 atom stereocenters. The second-order valence-corrected chi connectivity index (χ2v) is 4.90. The number of aryl methyl sites for hydroxylation is 1. The molecule has 1 saturated heterocycles. The molecule has 0 spiro atoms. The van der Waals surface area contributed by atoms with Gasteiger partial charge in [0, 0.05) is 0 Å². The van der Waals surface area contributed by atoms with Gasteiger partial charge in [0.25, 0.3) is 0 Å². The van der Waals surface area contributed by atoms with E-state index in [1.54, 1.807) is 0 Å². The number of H-pyrrole nitrogens is 1. The molecular weight excluding hydrogens is 230 g/mol. The number of carbonyl (C=O) groups is 1. The van der Waals surface area contributed by atoms with Crippen LogP contribution in [0.5, 0.6) is 0 Å². The van der Waals surface area contributed by atoms with Gasteiger partial charge in [0.05, 0.1) is 12.6 Å². The summed E-state index contributed by atoms with van der Waals surface area (Å²) < 4.78 is 0. The quantitative estimate of drug-likeness (QED) is 0.825. The first-order chi connectivity index (χ1) is 8.66. The topological polar surface area (TPSA) is 73.9 Å². The lowest BCUT2D eigenvalue weighted by molar-refractivity contribution is -0.126. The number of aromatic nitrogens is 3. The van der Waals surface area contributed by atoms with Gasteiger partial charge in [0.2, 0.25) is 5.91 Å². The van der Waals surface area contributed by atoms with E-state index in [0.717, 1.165) is 25.2 Å². The summed E-state index contributed by atoms with van der Waals surface area (Å²) in [6.07, 6.45) is 4.46. The van der Waals surface area contributed by atoms with Crippen molar-refractivity contribution in [3.8, 4) is 0 Å². The third kappa shape index (κ3) is 3.29. The lowest BCUT2D eigenvalue weighted by atomic mass is 10.1. The molecule has 0 bridgehead atoms. The molecule has 1 aliphatic heterocycles. The standard InChI is InChI=1S/C12H21N5O/c1-9-14-11(16-15-9)8-13-12(18)10-6-4-3-5-7-17(10)2/h10H,3-8H2,1-2H3,(H,13,18)(H,14,15,16)/t10-/m0/s1. The first kappa shape index (κ1) is 13.0. The summed E-state index contributed by atoms with van der Waals surface area (Å²) in [6, 6.07) is -0.00691. The van der Waals surface area contributed by atoms with E-state index in [-0.39, 0.29) is 11.9 Å². The van der Waals surface area contributed by atoms with Crippen LogP contribution >= 0.6 is 0 Å². The van der Waals surface area contributed by atoms with Crippen LogP contribution in [0, 0.1) is 6.92 Å². The molecule has 2 rings (SSSR count). The number of nitrogens with one attached hydrogen (secondary N) is 2. The van der Waals surface area contributed by atoms with Crippen molar-refractivity contribution in [2.24, 2.45) is 0 Å². The largest absolute Gasteiger partial charge is 0.347 e. The number of rotatable bonds is 3. The molecule has 0 aliphatic carbocycles. The van der Waals surface area contributed by atoms with Crippen LogP contribution in [0.1, 0.15) is 37.3 Å². The van der Waals surface area contributed by atoms with Crippen molar-refractivity contribution in [1.29, 1.82) is 0 Å². The third-order valence-corrected chi connectivity index (χ3v) is 3.39. The summed E-state index contributed by atoms with van der Waals surface area (Å²) in [4.78, 5) is 18.4. The van der Waals surface area contributed by atoms with E-state index in [0.29, 0.717) is 12.4 Å². The smallest absolute Gasteiger partial charge is 0.237 e. The van der Waals surface area contributed by atoms with Crippen molar-refractivity contribution in [2.75, 3.05) is 13.6 Å². The van der Waals surface area contributed by atoms with Crippen molar-refractivity contribution in [2.45, 2.75) is 45.2 Å². The molecule has 0 radical (unpaired) electrons. The van der Waals surface area contributed by atoms with E-state index in [4.69, 9.17) is 0 Å². The molecule has 0 aromatic carbocycles. The molecule has 2 heterocycles. The maximum atomic E-state index is 12.1. The Hall–Kier alpha value is -1.43. The SMILES string of the molecule is Cc1nc(CNC(=O)[C@@H]2CCCCCN2C)n[nH]1. The van der Waals surface area contributed by atoms with E-state index in [1.807, 2.05) is 14.0 Å². The molecule has 1 amide bonds. The van der Waals surface area contributed by atoms with Crippen LogP contribution in [0.3, 0.4) is 0 Å². The Balaban J connectivity index is 1.86. The van der Waals surface area contributed by atoms with Gasteiger partial charge in [-0.25, -0.2) is 4.98 Å². The van der Waals surface area contributed by atoms with Crippen molar-refractivity contribution in [3.63, 3.8) is 0 Å². The highest BCUT2D eigenvalue weighted by atomic mass is 16.2. The van der Waals surface area contributed by atoms with Crippen LogP contribution in [0.25, 0.3) is 0 Å². The van der Waals surface area contributed by atoms with E-state index >= 15 is 0 Å². The van der Waals surface area contributed by atoms with Gasteiger partial charge in [0.1, 0.15) is 5.82 Å². The fourth-order valence-electron chi connectivity index (χ4n) is 2.34. The molecule has 2 N–H and O–H groups in total. The summed E-state index contributed by atoms with van der Waals surface area (Å²) in [7, 11) is 2.02. The maximum Gasteiger partial charge on any atom is 0.237 e. The third-order valence-electron chi connectivity index (χ3n) is 3.39. The van der Waals surface area contributed by atoms with Crippen molar-refractivity contribution in [3.05, 3.63) is 11.6 Å². The molecule has 1 aliphatic rings. The fraction of sp³-hybridized carbons (Fsp3) is 0.750. The highest BCUT2D eigenvalue weighted by Crippen LogP contribution is 2.15. The van der Waals surface area contributed by atoms with Gasteiger partial charge in [-0.2, -0.15) is 5.10 Å². The lowest BCUT2D eigenvalue weighted by Gasteiger charge is -2.24. The van der Waals surface area contributed by atoms with Gasteiger partial charge in [-0.05, 0) is 33.4 Å². The number of amides is 1. The van der Waals surface area contributed by atoms with Crippen LogP contribution in [-0.4, -0.2) is 45.6 Å². The Morgan fingerprint density at radius 2 is 2.33 bits per heavy atom. The minimum atomic E-state index is -0.00691. The number of aromatic amines is 1. The van der Waals surface area contributed by atoms with Crippen LogP contribution in [0.15, 0.2) is 0 Å². The highest BCUT2D eigenvalue weighted by molar-refractivity contribution is 5.81. The number of likely N-dealkylation sites (N-methyl/N-ethyl adjacent to an activating group) is 1. The second kappa shape index (κ2) is 5.95. The van der Waals surface area contributed by atoms with Crippen LogP contribution in [0.2, 0.25) is 0 Å². The molecule has 6 nitrogen and oxygen atoms in total. The number of carbonyl (C=O) groups excluding carboxylic acids is 1. The van der Waals surface area contributed by atoms with Gasteiger partial charge < -0.3 is 5.32 Å². The average Bonchev–Trinajstić information content (AvgIpc) is 2.64. The lowest BCUT2D eigenvalue weighted by Crippen LogP contribution is -2.44. The Kier molecular flexibility index (Phi) is 4.30. The normalized spacial score (nSPS) is 21.6. The van der Waals surface area contributed by atoms with Gasteiger partial charge in [-0.15, -0.1) is 0 Å². The summed E-state index contributed by atoms with van der Waals surface area (Å²) in [5.41, 5.74) is 0. The van der Waals surface area contributed by atoms with Gasteiger partial charge in [-0.1, -0.05) is 12.8 Å². The number of hydrogen-bond donors (Lipinski definition) is 2. The van der Waals surface area contributed by atoms with Gasteiger partial charge in [0.15, 0.2) is 5.82 Å². The Morgan fingerprint density at radius 1 is 1.50 bits per heavy atom. The van der Waals surface area contributed by atoms with Crippen molar-refractivity contribution in [1.82, 2.24) is 25.4 Å². The Morgan fingerprint density at radius 3 is 3.06 bits per heavy atom. The summed E-state index contributed by atoms with van der Waals surface area (Å²) in [6.45, 7) is 3.24. The number of hydrogen-bond acceptors (Lipinski definition) is 4. The van der Waals surface area contributed by atoms with E-state index in [2.05, 4.69) is 25.4 Å². The highest BCUT2D eigenvalue weighted by Gasteiger charge is 2.24. The zero-order valence-corrected chi connectivity index (χ0v) is 11.1. The monoisotopic (exact) mass is 251 g/mol. The molecule has 1 fully saturated rings. The predicted molar refractivity (Wildman–Crippen MR) is 67.9 cm³/mol. The Bertz CT molecular complexity index is 403. The molecule has 6 heteroatoms. The molecule has 18 heavy (non-hydrogen) atoms. The minimum absolute atomic E-state index is 0.00691. The first-order valence-electron chi connectivity index (χ1n) is 6.52. The summed E-state index contributed by atoms with van der Waals surface area (Å²) >= 11 is 0. The molecule has 0 unspecified atom stereocenters. The van der Waals surface area contributed by atoms with Crippen molar-refractivity contribution < 1.29 is 4.79 Å². The van der Waals surface area contributed by atoms with Crippen LogP contribution in [0.4, 0.5) is 0 Å². The molecular formula is C12H21N5O. The van der Waals surface area contributed by atoms with E-state index < -0.39 is 0 Å². The molecule has 1 aromatic rings. The van der Waals surface area contributed by atoms with E-state index in [1.165, 1.54) is 12.8 Å². The van der Waals surface area contributed by atoms with Crippen LogP contribution < -0.4 is 5.32 Å².